The van der Waals surface area contributed by atoms with Gasteiger partial charge in [0.2, 0.25) is 0 Å². The second-order valence-corrected chi connectivity index (χ2v) is 5.30. The fourth-order valence-corrected chi connectivity index (χ4v) is 2.34. The van der Waals surface area contributed by atoms with Crippen LogP contribution in [0.1, 0.15) is 18.1 Å². The van der Waals surface area contributed by atoms with E-state index in [1.807, 2.05) is 6.07 Å². The lowest BCUT2D eigenvalue weighted by Gasteiger charge is -2.40. The van der Waals surface area contributed by atoms with E-state index in [1.165, 1.54) is 11.1 Å². The summed E-state index contributed by atoms with van der Waals surface area (Å²) in [7, 11) is 1.71. The molecule has 0 spiro atoms. The van der Waals surface area contributed by atoms with E-state index >= 15 is 0 Å². The van der Waals surface area contributed by atoms with E-state index in [0.29, 0.717) is 6.54 Å². The second kappa shape index (κ2) is 6.37. The molecule has 3 N–H and O–H groups in total. The Kier molecular flexibility index (Phi) is 4.80. The van der Waals surface area contributed by atoms with Crippen LogP contribution in [0.5, 0.6) is 5.75 Å². The number of nitrogens with two attached hydrogens (primary N) is 1. The zero-order valence-electron chi connectivity index (χ0n) is 11.9. The number of hydrogen-bond donors (Lipinski definition) is 2. The van der Waals surface area contributed by atoms with Gasteiger partial charge in [0.05, 0.1) is 20.3 Å². The van der Waals surface area contributed by atoms with E-state index in [2.05, 4.69) is 24.4 Å². The van der Waals surface area contributed by atoms with Crippen LogP contribution < -0.4 is 15.8 Å². The Balaban J connectivity index is 1.94. The van der Waals surface area contributed by atoms with Gasteiger partial charge in [-0.25, -0.2) is 0 Å². The number of ether oxygens (including phenoxy) is 2. The molecule has 4 nitrogen and oxygen atoms in total. The molecule has 0 bridgehead atoms. The van der Waals surface area contributed by atoms with Gasteiger partial charge in [-0.3, -0.25) is 0 Å². The van der Waals surface area contributed by atoms with Gasteiger partial charge in [-0.05, 0) is 18.1 Å². The summed E-state index contributed by atoms with van der Waals surface area (Å²) < 4.78 is 10.7. The number of nitrogens with one attached hydrogen (secondary N) is 1. The summed E-state index contributed by atoms with van der Waals surface area (Å²) in [4.78, 5) is 0. The first-order valence-corrected chi connectivity index (χ1v) is 6.87. The summed E-state index contributed by atoms with van der Waals surface area (Å²) in [5, 5.41) is 3.48. The molecule has 0 atom stereocenters. The lowest BCUT2D eigenvalue weighted by molar-refractivity contribution is -0.105. The third kappa shape index (κ3) is 3.26. The van der Waals surface area contributed by atoms with Crippen molar-refractivity contribution in [3.63, 3.8) is 0 Å². The van der Waals surface area contributed by atoms with Crippen LogP contribution in [-0.4, -0.2) is 33.4 Å². The van der Waals surface area contributed by atoms with Crippen molar-refractivity contribution in [2.45, 2.75) is 19.9 Å². The van der Waals surface area contributed by atoms with Gasteiger partial charge in [-0.2, -0.15) is 0 Å². The maximum absolute atomic E-state index is 5.81. The third-order valence-electron chi connectivity index (χ3n) is 3.82. The molecule has 0 amide bonds. The molecule has 19 heavy (non-hydrogen) atoms. The smallest absolute Gasteiger partial charge is 0.123 e. The molecule has 2 rings (SSSR count). The number of methoxy groups -OCH3 is 1. The highest BCUT2D eigenvalue weighted by Gasteiger charge is 2.36. The Morgan fingerprint density at radius 2 is 2.21 bits per heavy atom. The highest BCUT2D eigenvalue weighted by Crippen LogP contribution is 2.25. The van der Waals surface area contributed by atoms with Crippen LogP contribution in [0.4, 0.5) is 0 Å². The predicted octanol–water partition coefficient (Wildman–Crippen LogP) is 1.32. The fourth-order valence-electron chi connectivity index (χ4n) is 2.34. The SMILES string of the molecule is CCc1ccc(OC)c(CNCC2(CN)COC2)c1. The molecule has 0 aliphatic carbocycles. The van der Waals surface area contributed by atoms with Gasteiger partial charge < -0.3 is 20.5 Å². The molecular formula is C15H24N2O2. The molecule has 1 aromatic rings. The molecule has 1 aliphatic heterocycles. The van der Waals surface area contributed by atoms with Crippen LogP contribution >= 0.6 is 0 Å². The van der Waals surface area contributed by atoms with Crippen molar-refractivity contribution in [2.75, 3.05) is 33.4 Å². The summed E-state index contributed by atoms with van der Waals surface area (Å²) >= 11 is 0. The molecule has 1 heterocycles. The number of hydrogen-bond acceptors (Lipinski definition) is 4. The maximum atomic E-state index is 5.81. The van der Waals surface area contributed by atoms with Crippen molar-refractivity contribution >= 4 is 0 Å². The van der Waals surface area contributed by atoms with E-state index in [9.17, 15) is 0 Å². The molecule has 106 valence electrons. The van der Waals surface area contributed by atoms with E-state index < -0.39 is 0 Å². The molecule has 0 saturated carbocycles. The Morgan fingerprint density at radius 1 is 1.42 bits per heavy atom. The number of aryl methyl sites for hydroxylation is 1. The van der Waals surface area contributed by atoms with E-state index in [-0.39, 0.29) is 5.41 Å². The van der Waals surface area contributed by atoms with Gasteiger partial charge >= 0.3 is 0 Å². The van der Waals surface area contributed by atoms with E-state index in [4.69, 9.17) is 15.2 Å². The monoisotopic (exact) mass is 264 g/mol. The van der Waals surface area contributed by atoms with Crippen LogP contribution in [0.25, 0.3) is 0 Å². The first-order chi connectivity index (χ1) is 9.23. The summed E-state index contributed by atoms with van der Waals surface area (Å²) in [5.74, 6) is 0.941. The van der Waals surface area contributed by atoms with Gasteiger partial charge in [0.1, 0.15) is 5.75 Å². The summed E-state index contributed by atoms with van der Waals surface area (Å²) in [6.45, 7) is 6.06. The molecule has 0 aromatic heterocycles. The highest BCUT2D eigenvalue weighted by molar-refractivity contribution is 5.37. The normalized spacial score (nSPS) is 17.0. The summed E-state index contributed by atoms with van der Waals surface area (Å²) in [6, 6.07) is 6.36. The van der Waals surface area contributed by atoms with Crippen molar-refractivity contribution in [3.05, 3.63) is 29.3 Å². The molecule has 0 unspecified atom stereocenters. The van der Waals surface area contributed by atoms with Crippen LogP contribution in [0.3, 0.4) is 0 Å². The largest absolute Gasteiger partial charge is 0.496 e. The standard InChI is InChI=1S/C15H24N2O2/c1-3-12-4-5-14(18-2)13(6-12)7-17-9-15(8-16)10-19-11-15/h4-6,17H,3,7-11,16H2,1-2H3. The summed E-state index contributed by atoms with van der Waals surface area (Å²) in [5.41, 5.74) is 8.47. The minimum absolute atomic E-state index is 0.135. The zero-order valence-corrected chi connectivity index (χ0v) is 11.9. The first kappa shape index (κ1) is 14.3. The van der Waals surface area contributed by atoms with Gasteiger partial charge in [-0.15, -0.1) is 0 Å². The van der Waals surface area contributed by atoms with Crippen molar-refractivity contribution in [1.29, 1.82) is 0 Å². The van der Waals surface area contributed by atoms with Gasteiger partial charge in [0, 0.05) is 30.6 Å². The van der Waals surface area contributed by atoms with Crippen LogP contribution in [0, 0.1) is 5.41 Å². The van der Waals surface area contributed by atoms with Crippen molar-refractivity contribution in [2.24, 2.45) is 11.1 Å². The molecule has 0 radical (unpaired) electrons. The van der Waals surface area contributed by atoms with Crippen molar-refractivity contribution < 1.29 is 9.47 Å². The molecule has 1 aromatic carbocycles. The zero-order chi connectivity index (χ0) is 13.7. The molecular weight excluding hydrogens is 240 g/mol. The quantitative estimate of drug-likeness (QED) is 0.780. The van der Waals surface area contributed by atoms with Gasteiger partial charge in [-0.1, -0.05) is 19.1 Å². The predicted molar refractivity (Wildman–Crippen MR) is 76.4 cm³/mol. The molecule has 1 aliphatic rings. The average Bonchev–Trinajstić information content (AvgIpc) is 2.41. The fraction of sp³-hybridized carbons (Fsp3) is 0.600. The maximum Gasteiger partial charge on any atom is 0.123 e. The van der Waals surface area contributed by atoms with Crippen LogP contribution in [0.15, 0.2) is 18.2 Å². The third-order valence-corrected chi connectivity index (χ3v) is 3.82. The first-order valence-electron chi connectivity index (χ1n) is 6.87. The van der Waals surface area contributed by atoms with Crippen molar-refractivity contribution in [3.8, 4) is 5.75 Å². The van der Waals surface area contributed by atoms with Gasteiger partial charge in [0.15, 0.2) is 0 Å². The Labute approximate surface area is 115 Å². The van der Waals surface area contributed by atoms with Crippen molar-refractivity contribution in [1.82, 2.24) is 5.32 Å². The minimum atomic E-state index is 0.135. The van der Waals surface area contributed by atoms with E-state index in [1.54, 1.807) is 7.11 Å². The average molecular weight is 264 g/mol. The lowest BCUT2D eigenvalue weighted by Crippen LogP contribution is -2.54. The lowest BCUT2D eigenvalue weighted by atomic mass is 9.86. The molecule has 4 heteroatoms. The summed E-state index contributed by atoms with van der Waals surface area (Å²) in [6.07, 6.45) is 1.04. The minimum Gasteiger partial charge on any atom is -0.496 e. The molecule has 1 fully saturated rings. The number of rotatable bonds is 7. The molecule has 1 saturated heterocycles. The Hall–Kier alpha value is -1.10. The second-order valence-electron chi connectivity index (χ2n) is 5.30. The van der Waals surface area contributed by atoms with Crippen LogP contribution in [-0.2, 0) is 17.7 Å². The van der Waals surface area contributed by atoms with Gasteiger partial charge in [0.25, 0.3) is 0 Å². The number of benzene rings is 1. The Morgan fingerprint density at radius 3 is 2.74 bits per heavy atom. The highest BCUT2D eigenvalue weighted by atomic mass is 16.5. The van der Waals surface area contributed by atoms with Crippen LogP contribution in [0.2, 0.25) is 0 Å². The topological polar surface area (TPSA) is 56.5 Å². The Bertz CT molecular complexity index is 411. The van der Waals surface area contributed by atoms with E-state index in [0.717, 1.165) is 38.5 Å².